The molecule has 0 fully saturated rings. The van der Waals surface area contributed by atoms with Crippen molar-refractivity contribution in [1.82, 2.24) is 19.5 Å². The number of nitrogens with zero attached hydrogens (tertiary/aromatic N) is 4. The summed E-state index contributed by atoms with van der Waals surface area (Å²) in [6, 6.07) is 41.2. The number of hydrogen-bond donors (Lipinski definition) is 0. The van der Waals surface area contributed by atoms with Crippen LogP contribution in [0.25, 0.3) is 78.8 Å². The van der Waals surface area contributed by atoms with Gasteiger partial charge in [-0.2, -0.15) is 0 Å². The molecular formula is C43H30N4O. The zero-order chi connectivity index (χ0) is 32.2. The lowest BCUT2D eigenvalue weighted by Gasteiger charge is -2.24. The van der Waals surface area contributed by atoms with Crippen LogP contribution in [-0.2, 0) is 0 Å². The van der Waals surface area contributed by atoms with Crippen LogP contribution in [0.1, 0.15) is 17.2 Å². The molecule has 2 atom stereocenters. The fourth-order valence-corrected chi connectivity index (χ4v) is 7.16. The first-order valence-corrected chi connectivity index (χ1v) is 16.1. The van der Waals surface area contributed by atoms with Gasteiger partial charge in [0.2, 0.25) is 0 Å². The molecule has 48 heavy (non-hydrogen) atoms. The molecule has 1 aliphatic rings. The van der Waals surface area contributed by atoms with Crippen molar-refractivity contribution in [2.24, 2.45) is 5.92 Å². The molecular weight excluding hydrogens is 589 g/mol. The topological polar surface area (TPSA) is 56.7 Å². The van der Waals surface area contributed by atoms with Gasteiger partial charge in [-0.3, -0.25) is 0 Å². The monoisotopic (exact) mass is 618 g/mol. The van der Waals surface area contributed by atoms with Crippen LogP contribution in [0.3, 0.4) is 0 Å². The van der Waals surface area contributed by atoms with Crippen LogP contribution in [0.4, 0.5) is 0 Å². The van der Waals surface area contributed by atoms with E-state index in [1.54, 1.807) is 0 Å². The van der Waals surface area contributed by atoms with E-state index in [-0.39, 0.29) is 11.8 Å². The number of para-hydroxylation sites is 1. The van der Waals surface area contributed by atoms with E-state index in [4.69, 9.17) is 19.4 Å². The summed E-state index contributed by atoms with van der Waals surface area (Å²) in [5.41, 5.74) is 8.94. The fourth-order valence-electron chi connectivity index (χ4n) is 7.16. The highest BCUT2D eigenvalue weighted by atomic mass is 16.3. The van der Waals surface area contributed by atoms with Crippen molar-refractivity contribution in [1.29, 1.82) is 0 Å². The van der Waals surface area contributed by atoms with E-state index < -0.39 is 0 Å². The molecule has 5 aromatic carbocycles. The number of allylic oxidation sites excluding steroid dienone is 3. The van der Waals surface area contributed by atoms with Crippen LogP contribution in [0.5, 0.6) is 0 Å². The highest BCUT2D eigenvalue weighted by Gasteiger charge is 2.29. The van der Waals surface area contributed by atoms with Crippen molar-refractivity contribution in [2.75, 3.05) is 0 Å². The maximum absolute atomic E-state index is 6.58. The Kier molecular flexibility index (Phi) is 6.51. The zero-order valence-corrected chi connectivity index (χ0v) is 26.1. The molecule has 2 unspecified atom stereocenters. The minimum absolute atomic E-state index is 0.146. The Morgan fingerprint density at radius 1 is 0.625 bits per heavy atom. The van der Waals surface area contributed by atoms with Crippen molar-refractivity contribution in [3.05, 3.63) is 164 Å². The summed E-state index contributed by atoms with van der Waals surface area (Å²) in [5.74, 6) is 2.20. The predicted octanol–water partition coefficient (Wildman–Crippen LogP) is 10.8. The van der Waals surface area contributed by atoms with E-state index >= 15 is 0 Å². The lowest BCUT2D eigenvalue weighted by molar-refractivity contribution is 0.668. The number of furan rings is 1. The van der Waals surface area contributed by atoms with Gasteiger partial charge >= 0.3 is 0 Å². The van der Waals surface area contributed by atoms with Gasteiger partial charge in [0, 0.05) is 56.4 Å². The highest BCUT2D eigenvalue weighted by Crippen LogP contribution is 2.44. The molecule has 5 nitrogen and oxygen atoms in total. The van der Waals surface area contributed by atoms with Gasteiger partial charge in [0.25, 0.3) is 0 Å². The van der Waals surface area contributed by atoms with E-state index in [0.29, 0.717) is 17.5 Å². The second kappa shape index (κ2) is 11.2. The van der Waals surface area contributed by atoms with E-state index in [0.717, 1.165) is 55.5 Å². The highest BCUT2D eigenvalue weighted by molar-refractivity contribution is 6.12. The number of benzene rings is 5. The summed E-state index contributed by atoms with van der Waals surface area (Å²) in [6.07, 6.45) is 8.50. The maximum Gasteiger partial charge on any atom is 0.164 e. The second-order valence-electron chi connectivity index (χ2n) is 12.1. The van der Waals surface area contributed by atoms with Crippen LogP contribution < -0.4 is 0 Å². The summed E-state index contributed by atoms with van der Waals surface area (Å²) in [5, 5.41) is 3.20. The SMILES string of the molecule is C=CC1C=Cc2c(c3ccccc3n2-c2ccc3c(c2)oc2cccc(-c4nc(-c5ccccc5)nc(-c5ccccc5)n4)c23)C1C=C. The van der Waals surface area contributed by atoms with Crippen LogP contribution in [-0.4, -0.2) is 19.5 Å². The average molecular weight is 619 g/mol. The van der Waals surface area contributed by atoms with Gasteiger partial charge < -0.3 is 8.98 Å². The largest absolute Gasteiger partial charge is 0.456 e. The van der Waals surface area contributed by atoms with Crippen molar-refractivity contribution in [3.8, 4) is 39.9 Å². The van der Waals surface area contributed by atoms with Gasteiger partial charge in [-0.05, 0) is 35.9 Å². The summed E-state index contributed by atoms with van der Waals surface area (Å²) in [7, 11) is 0. The Labute approximate surface area is 277 Å². The predicted molar refractivity (Wildman–Crippen MR) is 196 cm³/mol. The Morgan fingerprint density at radius 2 is 1.31 bits per heavy atom. The Morgan fingerprint density at radius 3 is 2.02 bits per heavy atom. The number of hydrogen-bond acceptors (Lipinski definition) is 4. The standard InChI is InChI=1S/C43H30N4O/c1-3-27-22-25-36-39(31(27)4-2)32-18-11-12-20-35(32)47(36)30-23-24-33-38(26-30)48-37-21-13-19-34(40(33)37)43-45-41(28-14-7-5-8-15-28)44-42(46-43)29-16-9-6-10-17-29/h3-27,31H,1-2H2. The van der Waals surface area contributed by atoms with E-state index in [2.05, 4.69) is 78.4 Å². The van der Waals surface area contributed by atoms with Crippen LogP contribution in [0.15, 0.2) is 157 Å². The molecule has 1 aliphatic carbocycles. The fraction of sp³-hybridized carbons (Fsp3) is 0.0465. The molecule has 3 heterocycles. The summed E-state index contributed by atoms with van der Waals surface area (Å²) >= 11 is 0. The summed E-state index contributed by atoms with van der Waals surface area (Å²) in [6.45, 7) is 8.29. The number of rotatable bonds is 6. The normalized spacial score (nSPS) is 15.6. The minimum atomic E-state index is 0.146. The molecule has 3 aromatic heterocycles. The van der Waals surface area contributed by atoms with Gasteiger partial charge in [-0.1, -0.05) is 109 Å². The first-order chi connectivity index (χ1) is 23.7. The Balaban J connectivity index is 1.24. The molecule has 228 valence electrons. The summed E-state index contributed by atoms with van der Waals surface area (Å²) in [4.78, 5) is 14.9. The molecule has 0 spiro atoms. The van der Waals surface area contributed by atoms with Gasteiger partial charge in [0.1, 0.15) is 11.2 Å². The molecule has 0 bridgehead atoms. The smallest absolute Gasteiger partial charge is 0.164 e. The molecule has 5 heteroatoms. The van der Waals surface area contributed by atoms with Crippen molar-refractivity contribution >= 4 is 38.9 Å². The zero-order valence-electron chi connectivity index (χ0n) is 26.1. The van der Waals surface area contributed by atoms with Gasteiger partial charge in [0.05, 0.1) is 11.2 Å². The minimum Gasteiger partial charge on any atom is -0.456 e. The molecule has 0 aliphatic heterocycles. The maximum atomic E-state index is 6.58. The third-order valence-electron chi connectivity index (χ3n) is 9.38. The average Bonchev–Trinajstić information content (AvgIpc) is 3.70. The molecule has 8 aromatic rings. The van der Waals surface area contributed by atoms with Gasteiger partial charge in [0.15, 0.2) is 17.5 Å². The third kappa shape index (κ3) is 4.36. The van der Waals surface area contributed by atoms with Gasteiger partial charge in [-0.25, -0.2) is 15.0 Å². The molecule has 0 saturated heterocycles. The van der Waals surface area contributed by atoms with Gasteiger partial charge in [-0.15, -0.1) is 13.2 Å². The number of aromatic nitrogens is 4. The van der Waals surface area contributed by atoms with Crippen molar-refractivity contribution in [2.45, 2.75) is 5.92 Å². The second-order valence-corrected chi connectivity index (χ2v) is 12.1. The lowest BCUT2D eigenvalue weighted by Crippen LogP contribution is -2.12. The number of fused-ring (bicyclic) bond motifs is 6. The molecule has 9 rings (SSSR count). The first-order valence-electron chi connectivity index (χ1n) is 16.1. The van der Waals surface area contributed by atoms with E-state index in [9.17, 15) is 0 Å². The quantitative estimate of drug-likeness (QED) is 0.174. The Hall–Kier alpha value is -6.33. The first kappa shape index (κ1) is 27.9. The molecule has 0 amide bonds. The molecule has 0 N–H and O–H groups in total. The van der Waals surface area contributed by atoms with E-state index in [1.165, 1.54) is 10.9 Å². The lowest BCUT2D eigenvalue weighted by atomic mass is 9.81. The molecule has 0 saturated carbocycles. The molecule has 0 radical (unpaired) electrons. The van der Waals surface area contributed by atoms with Crippen LogP contribution in [0.2, 0.25) is 0 Å². The summed E-state index contributed by atoms with van der Waals surface area (Å²) < 4.78 is 8.91. The third-order valence-corrected chi connectivity index (χ3v) is 9.38. The Bertz CT molecular complexity index is 2500. The van der Waals surface area contributed by atoms with Crippen LogP contribution in [0, 0.1) is 5.92 Å². The van der Waals surface area contributed by atoms with E-state index in [1.807, 2.05) is 84.9 Å². The van der Waals surface area contributed by atoms with Crippen molar-refractivity contribution in [3.63, 3.8) is 0 Å². The van der Waals surface area contributed by atoms with Crippen molar-refractivity contribution < 1.29 is 4.42 Å². The van der Waals surface area contributed by atoms with Crippen LogP contribution >= 0.6 is 0 Å².